The van der Waals surface area contributed by atoms with E-state index in [1.165, 1.54) is 11.6 Å². The third-order valence-corrected chi connectivity index (χ3v) is 4.17. The average molecular weight is 347 g/mol. The van der Waals surface area contributed by atoms with E-state index in [1.54, 1.807) is 18.2 Å². The lowest BCUT2D eigenvalue weighted by Gasteiger charge is -2.12. The second-order valence-corrected chi connectivity index (χ2v) is 6.12. The third-order valence-electron chi connectivity index (χ3n) is 3.68. The van der Waals surface area contributed by atoms with Crippen LogP contribution in [0.15, 0.2) is 22.7 Å². The SMILES string of the molecule is Cn1c(C(F)(F)F)c(CNC2CC2)c2cc(Br)ccc21. The smallest absolute Gasteiger partial charge is 0.340 e. The van der Waals surface area contributed by atoms with Gasteiger partial charge in [-0.25, -0.2) is 0 Å². The highest BCUT2D eigenvalue weighted by Gasteiger charge is 2.38. The van der Waals surface area contributed by atoms with Crippen molar-refractivity contribution < 1.29 is 13.2 Å². The molecular weight excluding hydrogens is 333 g/mol. The number of nitrogens with zero attached hydrogens (tertiary/aromatic N) is 1. The van der Waals surface area contributed by atoms with Gasteiger partial charge in [0.2, 0.25) is 0 Å². The molecule has 3 rings (SSSR count). The van der Waals surface area contributed by atoms with Crippen LogP contribution in [0.2, 0.25) is 0 Å². The number of nitrogens with one attached hydrogen (secondary N) is 1. The van der Waals surface area contributed by atoms with Crippen LogP contribution < -0.4 is 5.32 Å². The van der Waals surface area contributed by atoms with Gasteiger partial charge in [0.05, 0.1) is 0 Å². The van der Waals surface area contributed by atoms with Gasteiger partial charge in [-0.3, -0.25) is 0 Å². The Morgan fingerprint density at radius 2 is 2.05 bits per heavy atom. The third kappa shape index (κ3) is 2.46. The van der Waals surface area contributed by atoms with Crippen LogP contribution in [0.3, 0.4) is 0 Å². The van der Waals surface area contributed by atoms with Crippen molar-refractivity contribution in [2.24, 2.45) is 7.05 Å². The summed E-state index contributed by atoms with van der Waals surface area (Å²) in [6.45, 7) is 0.257. The molecule has 6 heteroatoms. The number of fused-ring (bicyclic) bond motifs is 1. The first kappa shape index (κ1) is 13.9. The van der Waals surface area contributed by atoms with Gasteiger partial charge < -0.3 is 9.88 Å². The van der Waals surface area contributed by atoms with Gasteiger partial charge >= 0.3 is 6.18 Å². The minimum absolute atomic E-state index is 0.257. The second kappa shape index (κ2) is 4.77. The summed E-state index contributed by atoms with van der Waals surface area (Å²) in [5.41, 5.74) is 0.384. The van der Waals surface area contributed by atoms with Gasteiger partial charge in [-0.2, -0.15) is 13.2 Å². The molecule has 1 N–H and O–H groups in total. The zero-order chi connectivity index (χ0) is 14.5. The van der Waals surface area contributed by atoms with E-state index in [2.05, 4.69) is 21.2 Å². The van der Waals surface area contributed by atoms with Gasteiger partial charge in [0.25, 0.3) is 0 Å². The van der Waals surface area contributed by atoms with Crippen LogP contribution in [-0.2, 0) is 19.8 Å². The molecule has 0 atom stereocenters. The van der Waals surface area contributed by atoms with Gasteiger partial charge in [0.15, 0.2) is 0 Å². The number of hydrogen-bond donors (Lipinski definition) is 1. The quantitative estimate of drug-likeness (QED) is 0.880. The lowest BCUT2D eigenvalue weighted by Crippen LogP contribution is -2.20. The molecule has 1 aliphatic carbocycles. The molecular formula is C14H14BrF3N2. The van der Waals surface area contributed by atoms with Crippen molar-refractivity contribution in [2.75, 3.05) is 0 Å². The van der Waals surface area contributed by atoms with Gasteiger partial charge in [-0.15, -0.1) is 0 Å². The predicted octanol–water partition coefficient (Wildman–Crippen LogP) is 4.21. The molecule has 1 saturated carbocycles. The lowest BCUT2D eigenvalue weighted by atomic mass is 10.1. The fourth-order valence-electron chi connectivity index (χ4n) is 2.57. The Morgan fingerprint density at radius 1 is 1.35 bits per heavy atom. The molecule has 1 aromatic heterocycles. The molecule has 1 fully saturated rings. The minimum atomic E-state index is -4.35. The number of hydrogen-bond acceptors (Lipinski definition) is 1. The van der Waals surface area contributed by atoms with Crippen molar-refractivity contribution in [3.63, 3.8) is 0 Å². The van der Waals surface area contributed by atoms with Crippen molar-refractivity contribution in [3.8, 4) is 0 Å². The summed E-state index contributed by atoms with van der Waals surface area (Å²) in [6, 6.07) is 5.61. The maximum Gasteiger partial charge on any atom is 0.431 e. The van der Waals surface area contributed by atoms with Crippen molar-refractivity contribution in [1.29, 1.82) is 0 Å². The Labute approximate surface area is 123 Å². The lowest BCUT2D eigenvalue weighted by molar-refractivity contribution is -0.143. The van der Waals surface area contributed by atoms with E-state index in [9.17, 15) is 13.2 Å². The molecule has 1 heterocycles. The molecule has 108 valence electrons. The Morgan fingerprint density at radius 3 is 2.65 bits per heavy atom. The van der Waals surface area contributed by atoms with Crippen LogP contribution in [0.1, 0.15) is 24.1 Å². The molecule has 0 spiro atoms. The zero-order valence-electron chi connectivity index (χ0n) is 10.9. The maximum absolute atomic E-state index is 13.3. The van der Waals surface area contributed by atoms with Crippen LogP contribution >= 0.6 is 15.9 Å². The molecule has 20 heavy (non-hydrogen) atoms. The summed E-state index contributed by atoms with van der Waals surface area (Å²) in [4.78, 5) is 0. The molecule has 0 radical (unpaired) electrons. The Kier molecular flexibility index (Phi) is 3.33. The normalized spacial score (nSPS) is 16.1. The fourth-order valence-corrected chi connectivity index (χ4v) is 2.93. The summed E-state index contributed by atoms with van der Waals surface area (Å²) >= 11 is 3.33. The number of alkyl halides is 3. The molecule has 1 aromatic carbocycles. The van der Waals surface area contributed by atoms with Crippen LogP contribution in [0.25, 0.3) is 10.9 Å². The minimum Gasteiger partial charge on any atom is -0.340 e. The molecule has 1 aliphatic rings. The number of halogens is 4. The van der Waals surface area contributed by atoms with Gasteiger partial charge in [0.1, 0.15) is 5.69 Å². The van der Waals surface area contributed by atoms with Crippen LogP contribution in [-0.4, -0.2) is 10.6 Å². The molecule has 2 aromatic rings. The van der Waals surface area contributed by atoms with E-state index in [4.69, 9.17) is 0 Å². The van der Waals surface area contributed by atoms with Crippen LogP contribution in [0.5, 0.6) is 0 Å². The molecule has 0 aliphatic heterocycles. The number of benzene rings is 1. The highest BCUT2D eigenvalue weighted by Crippen LogP contribution is 2.38. The first-order valence-electron chi connectivity index (χ1n) is 6.45. The van der Waals surface area contributed by atoms with E-state index in [0.717, 1.165) is 17.3 Å². The van der Waals surface area contributed by atoms with E-state index < -0.39 is 11.9 Å². The Hall–Kier alpha value is -1.01. The summed E-state index contributed by atoms with van der Waals surface area (Å²) in [5.74, 6) is 0. The summed E-state index contributed by atoms with van der Waals surface area (Å²) < 4.78 is 42.0. The first-order valence-corrected chi connectivity index (χ1v) is 7.24. The topological polar surface area (TPSA) is 17.0 Å². The highest BCUT2D eigenvalue weighted by atomic mass is 79.9. The van der Waals surface area contributed by atoms with Crippen molar-refractivity contribution in [2.45, 2.75) is 31.6 Å². The molecule has 0 amide bonds. The predicted molar refractivity (Wildman–Crippen MR) is 75.5 cm³/mol. The van der Waals surface area contributed by atoms with Crippen molar-refractivity contribution >= 4 is 26.8 Å². The van der Waals surface area contributed by atoms with Crippen LogP contribution in [0.4, 0.5) is 13.2 Å². The number of aromatic nitrogens is 1. The Balaban J connectivity index is 2.17. The monoisotopic (exact) mass is 346 g/mol. The zero-order valence-corrected chi connectivity index (χ0v) is 12.5. The van der Waals surface area contributed by atoms with E-state index in [-0.39, 0.29) is 6.54 Å². The van der Waals surface area contributed by atoms with E-state index in [1.807, 2.05) is 0 Å². The van der Waals surface area contributed by atoms with Gasteiger partial charge in [-0.05, 0) is 31.0 Å². The molecule has 0 saturated heterocycles. The van der Waals surface area contributed by atoms with Gasteiger partial charge in [0, 0.05) is 40.6 Å². The average Bonchev–Trinajstić information content (AvgIpc) is 3.11. The largest absolute Gasteiger partial charge is 0.431 e. The fraction of sp³-hybridized carbons (Fsp3) is 0.429. The maximum atomic E-state index is 13.3. The molecule has 2 nitrogen and oxygen atoms in total. The van der Waals surface area contributed by atoms with E-state index >= 15 is 0 Å². The number of aryl methyl sites for hydroxylation is 1. The molecule has 0 unspecified atom stereocenters. The summed E-state index contributed by atoms with van der Waals surface area (Å²) in [7, 11) is 1.47. The standard InChI is InChI=1S/C14H14BrF3N2/c1-20-12-5-2-8(15)6-10(12)11(7-19-9-3-4-9)13(20)14(16,17)18/h2,5-6,9,19H,3-4,7H2,1H3. The summed E-state index contributed by atoms with van der Waals surface area (Å²) in [5, 5.41) is 3.84. The van der Waals surface area contributed by atoms with Gasteiger partial charge in [-0.1, -0.05) is 15.9 Å². The van der Waals surface area contributed by atoms with Crippen LogP contribution in [0, 0.1) is 0 Å². The molecule has 0 bridgehead atoms. The van der Waals surface area contributed by atoms with Crippen molar-refractivity contribution in [1.82, 2.24) is 9.88 Å². The van der Waals surface area contributed by atoms with E-state index in [0.29, 0.717) is 22.5 Å². The first-order chi connectivity index (χ1) is 9.38. The highest BCUT2D eigenvalue weighted by molar-refractivity contribution is 9.10. The Bertz CT molecular complexity index is 656. The number of rotatable bonds is 3. The second-order valence-electron chi connectivity index (χ2n) is 5.20. The summed E-state index contributed by atoms with van der Waals surface area (Å²) in [6.07, 6.45) is -2.24. The van der Waals surface area contributed by atoms with Crippen molar-refractivity contribution in [3.05, 3.63) is 33.9 Å².